The van der Waals surface area contributed by atoms with Crippen LogP contribution in [0.3, 0.4) is 0 Å². The smallest absolute Gasteiger partial charge is 0.0373 e. The van der Waals surface area contributed by atoms with Crippen LogP contribution in [0.1, 0.15) is 45.4 Å². The van der Waals surface area contributed by atoms with Gasteiger partial charge < -0.3 is 15.1 Å². The summed E-state index contributed by atoms with van der Waals surface area (Å²) in [5.41, 5.74) is 0. The van der Waals surface area contributed by atoms with E-state index in [0.29, 0.717) is 12.1 Å². The first-order chi connectivity index (χ1) is 9.69. The molecule has 0 aromatic rings. The van der Waals surface area contributed by atoms with Gasteiger partial charge in [-0.2, -0.15) is 0 Å². The maximum absolute atomic E-state index is 3.80. The van der Waals surface area contributed by atoms with Crippen molar-refractivity contribution in [3.8, 4) is 0 Å². The van der Waals surface area contributed by atoms with E-state index in [2.05, 4.69) is 42.7 Å². The van der Waals surface area contributed by atoms with E-state index in [0.717, 1.165) is 13.0 Å². The minimum Gasteiger partial charge on any atom is -0.313 e. The summed E-state index contributed by atoms with van der Waals surface area (Å²) in [6, 6.07) is 1.29. The van der Waals surface area contributed by atoms with Crippen molar-refractivity contribution in [1.82, 2.24) is 15.1 Å². The van der Waals surface area contributed by atoms with Crippen LogP contribution < -0.4 is 5.32 Å². The molecule has 2 unspecified atom stereocenters. The van der Waals surface area contributed by atoms with E-state index in [-0.39, 0.29) is 0 Å². The molecule has 0 saturated carbocycles. The molecule has 1 aliphatic heterocycles. The fourth-order valence-electron chi connectivity index (χ4n) is 3.26. The second-order valence-electron chi connectivity index (χ2n) is 6.25. The minimum absolute atomic E-state index is 0.634. The molecule has 2 atom stereocenters. The number of allylic oxidation sites excluding steroid dienone is 1. The fourth-order valence-corrected chi connectivity index (χ4v) is 3.26. The second-order valence-corrected chi connectivity index (χ2v) is 6.25. The molecular weight excluding hydrogens is 246 g/mol. The number of nitrogens with one attached hydrogen (secondary N) is 1. The number of unbranched alkanes of at least 4 members (excludes halogenated alkanes) is 3. The van der Waals surface area contributed by atoms with Crippen LogP contribution in [0.15, 0.2) is 12.7 Å². The SMILES string of the molecule is C=CCCCCCC(NCC)C1CN(C)CCCN1C. The van der Waals surface area contributed by atoms with E-state index in [1.54, 1.807) is 0 Å². The summed E-state index contributed by atoms with van der Waals surface area (Å²) in [7, 11) is 4.56. The Hall–Kier alpha value is -0.380. The van der Waals surface area contributed by atoms with Crippen molar-refractivity contribution >= 4 is 0 Å². The van der Waals surface area contributed by atoms with E-state index < -0.39 is 0 Å². The van der Waals surface area contributed by atoms with Gasteiger partial charge in [0.05, 0.1) is 0 Å². The first kappa shape index (κ1) is 17.7. The summed E-state index contributed by atoms with van der Waals surface area (Å²) < 4.78 is 0. The second kappa shape index (κ2) is 10.4. The highest BCUT2D eigenvalue weighted by Gasteiger charge is 2.27. The van der Waals surface area contributed by atoms with Gasteiger partial charge in [0.1, 0.15) is 0 Å². The molecule has 1 rings (SSSR count). The van der Waals surface area contributed by atoms with Crippen molar-refractivity contribution in [3.05, 3.63) is 12.7 Å². The van der Waals surface area contributed by atoms with Gasteiger partial charge in [0.2, 0.25) is 0 Å². The third-order valence-corrected chi connectivity index (χ3v) is 4.47. The van der Waals surface area contributed by atoms with Gasteiger partial charge >= 0.3 is 0 Å². The highest BCUT2D eigenvalue weighted by Crippen LogP contribution is 2.16. The molecule has 0 bridgehead atoms. The largest absolute Gasteiger partial charge is 0.313 e. The Balaban J connectivity index is 2.46. The van der Waals surface area contributed by atoms with E-state index >= 15 is 0 Å². The summed E-state index contributed by atoms with van der Waals surface area (Å²) in [5.74, 6) is 0. The third kappa shape index (κ3) is 6.38. The molecule has 3 heteroatoms. The van der Waals surface area contributed by atoms with Gasteiger partial charge in [-0.1, -0.05) is 25.8 Å². The molecule has 1 aliphatic rings. The summed E-state index contributed by atoms with van der Waals surface area (Å²) in [6.45, 7) is 10.8. The molecular formula is C17H35N3. The molecule has 1 N–H and O–H groups in total. The van der Waals surface area contributed by atoms with E-state index in [1.165, 1.54) is 51.7 Å². The molecule has 0 amide bonds. The maximum atomic E-state index is 3.80. The van der Waals surface area contributed by atoms with Gasteiger partial charge in [0.15, 0.2) is 0 Å². The molecule has 0 spiro atoms. The average molecular weight is 281 g/mol. The van der Waals surface area contributed by atoms with Crippen molar-refractivity contribution in [1.29, 1.82) is 0 Å². The number of likely N-dealkylation sites (N-methyl/N-ethyl adjacent to an activating group) is 3. The third-order valence-electron chi connectivity index (χ3n) is 4.47. The molecule has 118 valence electrons. The van der Waals surface area contributed by atoms with Crippen LogP contribution in [0.5, 0.6) is 0 Å². The van der Waals surface area contributed by atoms with E-state index in [9.17, 15) is 0 Å². The Kier molecular flexibility index (Phi) is 9.16. The Labute approximate surface area is 126 Å². The highest BCUT2D eigenvalue weighted by atomic mass is 15.2. The van der Waals surface area contributed by atoms with Crippen molar-refractivity contribution in [2.45, 2.75) is 57.5 Å². The van der Waals surface area contributed by atoms with Gasteiger partial charge in [0.25, 0.3) is 0 Å². The van der Waals surface area contributed by atoms with Crippen LogP contribution in [0.2, 0.25) is 0 Å². The number of hydrogen-bond donors (Lipinski definition) is 1. The standard InChI is InChI=1S/C17H35N3/c1-5-7-8-9-10-12-16(18-6-2)17-15-19(3)13-11-14-20(17)4/h5,16-18H,1,6-15H2,2-4H3. The quantitative estimate of drug-likeness (QED) is 0.518. The van der Waals surface area contributed by atoms with Crippen LogP contribution in [0, 0.1) is 0 Å². The zero-order chi connectivity index (χ0) is 14.8. The summed E-state index contributed by atoms with van der Waals surface area (Å²) >= 11 is 0. The van der Waals surface area contributed by atoms with Gasteiger partial charge in [-0.15, -0.1) is 6.58 Å². The molecule has 3 nitrogen and oxygen atoms in total. The number of nitrogens with zero attached hydrogens (tertiary/aromatic N) is 2. The van der Waals surface area contributed by atoms with Crippen molar-refractivity contribution < 1.29 is 0 Å². The van der Waals surface area contributed by atoms with Crippen LogP contribution in [0.4, 0.5) is 0 Å². The Bertz CT molecular complexity index is 255. The van der Waals surface area contributed by atoms with Crippen molar-refractivity contribution in [3.63, 3.8) is 0 Å². The Morgan fingerprint density at radius 2 is 2.05 bits per heavy atom. The first-order valence-electron chi connectivity index (χ1n) is 8.42. The van der Waals surface area contributed by atoms with Crippen LogP contribution in [-0.2, 0) is 0 Å². The number of hydrogen-bond acceptors (Lipinski definition) is 3. The van der Waals surface area contributed by atoms with Crippen molar-refractivity contribution in [2.24, 2.45) is 0 Å². The highest BCUT2D eigenvalue weighted by molar-refractivity contribution is 4.87. The maximum Gasteiger partial charge on any atom is 0.0373 e. The lowest BCUT2D eigenvalue weighted by Gasteiger charge is -2.35. The molecule has 0 aromatic carbocycles. The zero-order valence-corrected chi connectivity index (χ0v) is 13.9. The lowest BCUT2D eigenvalue weighted by molar-refractivity contribution is 0.171. The lowest BCUT2D eigenvalue weighted by atomic mass is 9.99. The van der Waals surface area contributed by atoms with Gasteiger partial charge in [-0.25, -0.2) is 0 Å². The molecule has 0 aromatic heterocycles. The zero-order valence-electron chi connectivity index (χ0n) is 13.9. The fraction of sp³-hybridized carbons (Fsp3) is 0.882. The summed E-state index contributed by atoms with van der Waals surface area (Å²) in [4.78, 5) is 5.07. The topological polar surface area (TPSA) is 18.5 Å². The van der Waals surface area contributed by atoms with Gasteiger partial charge in [-0.3, -0.25) is 0 Å². The van der Waals surface area contributed by atoms with Crippen LogP contribution in [-0.4, -0.2) is 62.2 Å². The van der Waals surface area contributed by atoms with Gasteiger partial charge in [0, 0.05) is 18.6 Å². The molecule has 20 heavy (non-hydrogen) atoms. The summed E-state index contributed by atoms with van der Waals surface area (Å²) in [5, 5.41) is 3.73. The van der Waals surface area contributed by atoms with Crippen molar-refractivity contribution in [2.75, 3.05) is 40.3 Å². The Morgan fingerprint density at radius 1 is 1.25 bits per heavy atom. The van der Waals surface area contributed by atoms with Gasteiger partial charge in [-0.05, 0) is 59.4 Å². The van der Waals surface area contributed by atoms with Crippen LogP contribution >= 0.6 is 0 Å². The van der Waals surface area contributed by atoms with E-state index in [4.69, 9.17) is 0 Å². The monoisotopic (exact) mass is 281 g/mol. The average Bonchev–Trinajstić information content (AvgIpc) is 2.59. The molecule has 0 aliphatic carbocycles. The summed E-state index contributed by atoms with van der Waals surface area (Å²) in [6.07, 6.45) is 9.76. The molecule has 1 fully saturated rings. The predicted octanol–water partition coefficient (Wildman–Crippen LogP) is 2.74. The molecule has 1 saturated heterocycles. The normalized spacial score (nSPS) is 23.4. The molecule has 1 heterocycles. The van der Waals surface area contributed by atoms with E-state index in [1.807, 2.05) is 6.08 Å². The lowest BCUT2D eigenvalue weighted by Crippen LogP contribution is -2.52. The number of rotatable bonds is 9. The minimum atomic E-state index is 0.634. The van der Waals surface area contributed by atoms with Crippen LogP contribution in [0.25, 0.3) is 0 Å². The first-order valence-corrected chi connectivity index (χ1v) is 8.42. The predicted molar refractivity (Wildman–Crippen MR) is 89.3 cm³/mol. The molecule has 0 radical (unpaired) electrons. The Morgan fingerprint density at radius 3 is 2.75 bits per heavy atom.